The van der Waals surface area contributed by atoms with E-state index in [0.717, 1.165) is 0 Å². The van der Waals surface area contributed by atoms with Gasteiger partial charge in [-0.2, -0.15) is 0 Å². The fourth-order valence-corrected chi connectivity index (χ4v) is 1.57. The molecular weight excluding hydrogens is 248 g/mol. The molecule has 1 aromatic heterocycles. The van der Waals surface area contributed by atoms with Crippen molar-refractivity contribution in [3.8, 4) is 0 Å². The Labute approximate surface area is 98.4 Å². The predicted octanol–water partition coefficient (Wildman–Crippen LogP) is -1.32. The van der Waals surface area contributed by atoms with Crippen LogP contribution in [0.5, 0.6) is 0 Å². The minimum atomic E-state index is -3.80. The Morgan fingerprint density at radius 1 is 1.35 bits per heavy atom. The smallest absolute Gasteiger partial charge is 0.312 e. The first-order chi connectivity index (χ1) is 7.89. The summed E-state index contributed by atoms with van der Waals surface area (Å²) in [5.74, 6) is 0.438. The van der Waals surface area contributed by atoms with Gasteiger partial charge in [0.15, 0.2) is 0 Å². The van der Waals surface area contributed by atoms with Gasteiger partial charge >= 0.3 is 6.03 Å². The summed E-state index contributed by atoms with van der Waals surface area (Å²) in [5, 5.41) is 9.92. The van der Waals surface area contributed by atoms with E-state index in [9.17, 15) is 13.2 Å². The van der Waals surface area contributed by atoms with Gasteiger partial charge in [-0.05, 0) is 12.1 Å². The molecule has 6 N–H and O–H groups in total. The number of nitrogens with two attached hydrogens (primary N) is 2. The molecule has 0 radical (unpaired) electrons. The highest BCUT2D eigenvalue weighted by Gasteiger charge is 2.12. The van der Waals surface area contributed by atoms with Crippen LogP contribution >= 0.6 is 0 Å². The van der Waals surface area contributed by atoms with Gasteiger partial charge in [0.1, 0.15) is 5.76 Å². The maximum absolute atomic E-state index is 10.9. The first kappa shape index (κ1) is 13.5. The molecular formula is C8H14N4O4S. The van der Waals surface area contributed by atoms with Crippen molar-refractivity contribution in [1.82, 2.24) is 10.6 Å². The van der Waals surface area contributed by atoms with E-state index >= 15 is 0 Å². The topological polar surface area (TPSA) is 140 Å². The van der Waals surface area contributed by atoms with E-state index in [-0.39, 0.29) is 5.09 Å². The highest BCUT2D eigenvalue weighted by atomic mass is 32.2. The van der Waals surface area contributed by atoms with E-state index in [2.05, 4.69) is 10.6 Å². The fourth-order valence-electron chi connectivity index (χ4n) is 1.09. The molecule has 0 unspecified atom stereocenters. The third-order valence-electron chi connectivity index (χ3n) is 1.82. The van der Waals surface area contributed by atoms with Crippen LogP contribution in [0.15, 0.2) is 21.6 Å². The van der Waals surface area contributed by atoms with E-state index in [1.54, 1.807) is 0 Å². The number of primary amides is 1. The number of sulfonamides is 1. The van der Waals surface area contributed by atoms with Crippen LogP contribution in [-0.2, 0) is 16.6 Å². The average Bonchev–Trinajstić information content (AvgIpc) is 2.64. The van der Waals surface area contributed by atoms with Crippen molar-refractivity contribution in [1.29, 1.82) is 0 Å². The van der Waals surface area contributed by atoms with Crippen LogP contribution in [0, 0.1) is 0 Å². The molecule has 1 rings (SSSR count). The Bertz CT molecular complexity index is 481. The lowest BCUT2D eigenvalue weighted by molar-refractivity contribution is 0.249. The van der Waals surface area contributed by atoms with Crippen molar-refractivity contribution in [2.24, 2.45) is 10.9 Å². The zero-order valence-electron chi connectivity index (χ0n) is 8.97. The molecule has 0 saturated carbocycles. The molecule has 17 heavy (non-hydrogen) atoms. The standard InChI is InChI=1S/C8H14N4O4S/c9-8(13)12-4-3-11-5-6-1-2-7(16-6)17(10,14)15/h1-2,11H,3-5H2,(H3,9,12,13)(H2,10,14,15). The van der Waals surface area contributed by atoms with Crippen LogP contribution in [0.25, 0.3) is 0 Å². The van der Waals surface area contributed by atoms with Gasteiger partial charge in [0.2, 0.25) is 5.09 Å². The van der Waals surface area contributed by atoms with Crippen molar-refractivity contribution in [3.63, 3.8) is 0 Å². The molecule has 0 fully saturated rings. The molecule has 0 aliphatic rings. The van der Waals surface area contributed by atoms with Crippen molar-refractivity contribution < 1.29 is 17.6 Å². The number of amides is 2. The number of urea groups is 1. The Morgan fingerprint density at radius 3 is 2.59 bits per heavy atom. The molecule has 96 valence electrons. The maximum Gasteiger partial charge on any atom is 0.312 e. The molecule has 8 nitrogen and oxygen atoms in total. The number of rotatable bonds is 6. The van der Waals surface area contributed by atoms with E-state index in [1.807, 2.05) is 0 Å². The van der Waals surface area contributed by atoms with Gasteiger partial charge in [0.05, 0.1) is 6.54 Å². The largest absolute Gasteiger partial charge is 0.447 e. The lowest BCUT2D eigenvalue weighted by atomic mass is 10.4. The monoisotopic (exact) mass is 262 g/mol. The summed E-state index contributed by atoms with van der Waals surface area (Å²) in [6, 6.07) is 2.20. The zero-order chi connectivity index (χ0) is 12.9. The molecule has 0 spiro atoms. The number of carbonyl (C=O) groups excluding carboxylic acids is 1. The quantitative estimate of drug-likeness (QED) is 0.471. The van der Waals surface area contributed by atoms with Crippen LogP contribution in [0.2, 0.25) is 0 Å². The molecule has 1 aromatic rings. The highest BCUT2D eigenvalue weighted by molar-refractivity contribution is 7.89. The number of hydrogen-bond acceptors (Lipinski definition) is 5. The average molecular weight is 262 g/mol. The predicted molar refractivity (Wildman–Crippen MR) is 59.4 cm³/mol. The summed E-state index contributed by atoms with van der Waals surface area (Å²) in [5.41, 5.74) is 4.86. The number of nitrogens with one attached hydrogen (secondary N) is 2. The van der Waals surface area contributed by atoms with Gasteiger partial charge < -0.3 is 20.8 Å². The van der Waals surface area contributed by atoms with Crippen LogP contribution < -0.4 is 21.5 Å². The lowest BCUT2D eigenvalue weighted by Gasteiger charge is -2.02. The molecule has 2 amide bonds. The number of carbonyl (C=O) groups is 1. The fraction of sp³-hybridized carbons (Fsp3) is 0.375. The van der Waals surface area contributed by atoms with Crippen molar-refractivity contribution in [2.75, 3.05) is 13.1 Å². The summed E-state index contributed by atoms with van der Waals surface area (Å²) >= 11 is 0. The molecule has 9 heteroatoms. The molecule has 0 bridgehead atoms. The normalized spacial score (nSPS) is 11.4. The third kappa shape index (κ3) is 4.85. The zero-order valence-corrected chi connectivity index (χ0v) is 9.79. The summed E-state index contributed by atoms with van der Waals surface area (Å²) in [6.45, 7) is 1.18. The van der Waals surface area contributed by atoms with E-state index < -0.39 is 16.1 Å². The Hall–Kier alpha value is -1.58. The van der Waals surface area contributed by atoms with Gasteiger partial charge in [-0.25, -0.2) is 18.4 Å². The Morgan fingerprint density at radius 2 is 2.06 bits per heavy atom. The molecule has 0 aliphatic heterocycles. The van der Waals surface area contributed by atoms with Crippen molar-refractivity contribution in [2.45, 2.75) is 11.6 Å². The van der Waals surface area contributed by atoms with Gasteiger partial charge in [0.25, 0.3) is 10.0 Å². The van der Waals surface area contributed by atoms with Crippen LogP contribution in [0.1, 0.15) is 5.76 Å². The maximum atomic E-state index is 10.9. The Balaban J connectivity index is 2.33. The summed E-state index contributed by atoms with van der Waals surface area (Å²) in [7, 11) is -3.80. The second-order valence-electron chi connectivity index (χ2n) is 3.23. The number of furan rings is 1. The van der Waals surface area contributed by atoms with E-state index in [1.165, 1.54) is 12.1 Å². The number of hydrogen-bond donors (Lipinski definition) is 4. The summed E-state index contributed by atoms with van der Waals surface area (Å²) < 4.78 is 26.8. The molecule has 0 aromatic carbocycles. The van der Waals surface area contributed by atoms with E-state index in [4.69, 9.17) is 15.3 Å². The summed E-state index contributed by atoms with van der Waals surface area (Å²) in [6.07, 6.45) is 0. The van der Waals surface area contributed by atoms with E-state index in [0.29, 0.717) is 25.4 Å². The van der Waals surface area contributed by atoms with Gasteiger partial charge in [-0.15, -0.1) is 0 Å². The lowest BCUT2D eigenvalue weighted by Crippen LogP contribution is -2.35. The summed E-state index contributed by atoms with van der Waals surface area (Å²) in [4.78, 5) is 10.3. The SMILES string of the molecule is NC(=O)NCCNCc1ccc(S(N)(=O)=O)o1. The van der Waals surface area contributed by atoms with Crippen LogP contribution in [0.4, 0.5) is 4.79 Å². The first-order valence-electron chi connectivity index (χ1n) is 4.75. The van der Waals surface area contributed by atoms with Crippen LogP contribution in [0.3, 0.4) is 0 Å². The second-order valence-corrected chi connectivity index (χ2v) is 4.73. The Kier molecular flexibility index (Phi) is 4.49. The highest BCUT2D eigenvalue weighted by Crippen LogP contribution is 2.11. The molecule has 0 atom stereocenters. The van der Waals surface area contributed by atoms with Crippen LogP contribution in [-0.4, -0.2) is 27.5 Å². The van der Waals surface area contributed by atoms with Crippen molar-refractivity contribution in [3.05, 3.63) is 17.9 Å². The third-order valence-corrected chi connectivity index (χ3v) is 2.60. The molecule has 1 heterocycles. The molecule has 0 saturated heterocycles. The van der Waals surface area contributed by atoms with Gasteiger partial charge in [-0.1, -0.05) is 0 Å². The number of primary sulfonamides is 1. The first-order valence-corrected chi connectivity index (χ1v) is 6.30. The minimum Gasteiger partial charge on any atom is -0.447 e. The van der Waals surface area contributed by atoms with Gasteiger partial charge in [0, 0.05) is 13.1 Å². The van der Waals surface area contributed by atoms with Gasteiger partial charge in [-0.3, -0.25) is 0 Å². The minimum absolute atomic E-state index is 0.274. The second kappa shape index (κ2) is 5.66. The molecule has 0 aliphatic carbocycles. The van der Waals surface area contributed by atoms with Crippen molar-refractivity contribution >= 4 is 16.1 Å².